The van der Waals surface area contributed by atoms with E-state index in [1.54, 1.807) is 11.8 Å². The summed E-state index contributed by atoms with van der Waals surface area (Å²) >= 11 is 1.72. The molecule has 1 spiro atoms. The monoisotopic (exact) mass is 284 g/mol. The summed E-state index contributed by atoms with van der Waals surface area (Å²) in [5.74, 6) is 1.23. The topological polar surface area (TPSA) is 49.4 Å². The molecule has 0 aromatic carbocycles. The van der Waals surface area contributed by atoms with Gasteiger partial charge in [-0.05, 0) is 25.0 Å². The molecule has 2 aliphatic rings. The Bertz CT molecular complexity index is 364. The summed E-state index contributed by atoms with van der Waals surface area (Å²) in [5, 5.41) is 3.04. The molecule has 1 aliphatic heterocycles. The first-order valence-electron chi connectivity index (χ1n) is 7.14. The Morgan fingerprint density at radius 2 is 2.00 bits per heavy atom. The summed E-state index contributed by atoms with van der Waals surface area (Å²) in [5.41, 5.74) is -0.582. The van der Waals surface area contributed by atoms with Crippen LogP contribution in [-0.2, 0) is 9.59 Å². The van der Waals surface area contributed by atoms with Gasteiger partial charge in [0, 0.05) is 12.3 Å². The zero-order chi connectivity index (χ0) is 14.0. The fourth-order valence-electron chi connectivity index (χ4n) is 3.32. The molecular weight excluding hydrogens is 260 g/mol. The second-order valence-electron chi connectivity index (χ2n) is 5.96. The molecule has 0 aromatic heterocycles. The number of rotatable bonds is 4. The minimum absolute atomic E-state index is 0.0394. The largest absolute Gasteiger partial charge is 0.340 e. The Morgan fingerprint density at radius 3 is 2.53 bits per heavy atom. The minimum Gasteiger partial charge on any atom is -0.340 e. The van der Waals surface area contributed by atoms with E-state index in [1.807, 2.05) is 25.0 Å². The number of amides is 2. The van der Waals surface area contributed by atoms with Crippen LogP contribution in [0.2, 0.25) is 0 Å². The van der Waals surface area contributed by atoms with Crippen molar-refractivity contribution in [2.75, 3.05) is 18.6 Å². The van der Waals surface area contributed by atoms with Crippen molar-refractivity contribution >= 4 is 23.6 Å². The van der Waals surface area contributed by atoms with Crippen molar-refractivity contribution in [2.24, 2.45) is 5.92 Å². The number of nitrogens with zero attached hydrogens (tertiary/aromatic N) is 1. The highest BCUT2D eigenvalue weighted by molar-refractivity contribution is 7.98. The zero-order valence-corrected chi connectivity index (χ0v) is 12.9. The molecule has 2 amide bonds. The highest BCUT2D eigenvalue weighted by Crippen LogP contribution is 2.35. The van der Waals surface area contributed by atoms with Gasteiger partial charge in [0.05, 0.1) is 0 Å². The molecular formula is C14H24N2O2S. The molecule has 0 radical (unpaired) electrons. The number of hydrogen-bond donors (Lipinski definition) is 1. The third kappa shape index (κ3) is 2.62. The number of hydrogen-bond acceptors (Lipinski definition) is 3. The Balaban J connectivity index is 2.25. The normalized spacial score (nSPS) is 26.3. The van der Waals surface area contributed by atoms with E-state index in [0.717, 1.165) is 31.4 Å². The van der Waals surface area contributed by atoms with Crippen LogP contribution in [-0.4, -0.2) is 46.8 Å². The van der Waals surface area contributed by atoms with Crippen molar-refractivity contribution in [1.29, 1.82) is 0 Å². The Morgan fingerprint density at radius 1 is 1.37 bits per heavy atom. The van der Waals surface area contributed by atoms with Gasteiger partial charge in [-0.15, -0.1) is 0 Å². The number of thioether (sulfide) groups is 1. The molecule has 1 aliphatic carbocycles. The Kier molecular flexibility index (Phi) is 4.43. The third-order valence-electron chi connectivity index (χ3n) is 4.26. The molecule has 1 saturated carbocycles. The molecule has 1 heterocycles. The summed E-state index contributed by atoms with van der Waals surface area (Å²) in [7, 11) is 0. The van der Waals surface area contributed by atoms with Crippen LogP contribution in [0.5, 0.6) is 0 Å². The van der Waals surface area contributed by atoms with Crippen molar-refractivity contribution in [3.05, 3.63) is 0 Å². The SMILES string of the molecule is CSCCN1C(=O)C2(CCCC2)NC(=O)C1C(C)C. The van der Waals surface area contributed by atoms with Crippen LogP contribution in [0.25, 0.3) is 0 Å². The Hall–Kier alpha value is -0.710. The van der Waals surface area contributed by atoms with Crippen LogP contribution in [0.1, 0.15) is 39.5 Å². The summed E-state index contributed by atoms with van der Waals surface area (Å²) in [6, 6.07) is -0.300. The second-order valence-corrected chi connectivity index (χ2v) is 6.94. The van der Waals surface area contributed by atoms with Crippen LogP contribution < -0.4 is 5.32 Å². The second kappa shape index (κ2) is 5.73. The molecule has 2 rings (SSSR count). The van der Waals surface area contributed by atoms with Gasteiger partial charge < -0.3 is 10.2 Å². The first kappa shape index (κ1) is 14.7. The lowest BCUT2D eigenvalue weighted by molar-refractivity contribution is -0.156. The van der Waals surface area contributed by atoms with E-state index in [0.29, 0.717) is 6.54 Å². The van der Waals surface area contributed by atoms with Gasteiger partial charge in [0.1, 0.15) is 11.6 Å². The molecule has 1 saturated heterocycles. The van der Waals surface area contributed by atoms with E-state index in [2.05, 4.69) is 5.32 Å². The number of carbonyl (C=O) groups excluding carboxylic acids is 2. The lowest BCUT2D eigenvalue weighted by Crippen LogP contribution is -2.70. The van der Waals surface area contributed by atoms with Crippen LogP contribution in [0, 0.1) is 5.92 Å². The molecule has 2 fully saturated rings. The van der Waals surface area contributed by atoms with E-state index in [1.165, 1.54) is 0 Å². The summed E-state index contributed by atoms with van der Waals surface area (Å²) in [6.07, 6.45) is 5.71. The quantitative estimate of drug-likeness (QED) is 0.854. The minimum atomic E-state index is -0.582. The van der Waals surface area contributed by atoms with Crippen molar-refractivity contribution in [1.82, 2.24) is 10.2 Å². The molecule has 1 unspecified atom stereocenters. The standard InChI is InChI=1S/C14H24N2O2S/c1-10(2)11-12(17)15-14(6-4-5-7-14)13(18)16(11)8-9-19-3/h10-11H,4-9H2,1-3H3,(H,15,17). The van der Waals surface area contributed by atoms with Gasteiger partial charge in [-0.3, -0.25) is 9.59 Å². The van der Waals surface area contributed by atoms with Gasteiger partial charge in [0.15, 0.2) is 0 Å². The van der Waals surface area contributed by atoms with Crippen molar-refractivity contribution in [3.63, 3.8) is 0 Å². The lowest BCUT2D eigenvalue weighted by Gasteiger charge is -2.45. The van der Waals surface area contributed by atoms with Crippen molar-refractivity contribution < 1.29 is 9.59 Å². The maximum atomic E-state index is 12.8. The van der Waals surface area contributed by atoms with Crippen molar-refractivity contribution in [3.8, 4) is 0 Å². The number of nitrogens with one attached hydrogen (secondary N) is 1. The maximum Gasteiger partial charge on any atom is 0.249 e. The van der Waals surface area contributed by atoms with Crippen LogP contribution in [0.4, 0.5) is 0 Å². The fourth-order valence-corrected chi connectivity index (χ4v) is 3.70. The van der Waals surface area contributed by atoms with E-state index in [9.17, 15) is 9.59 Å². The van der Waals surface area contributed by atoms with Gasteiger partial charge in [0.2, 0.25) is 11.8 Å². The highest BCUT2D eigenvalue weighted by atomic mass is 32.2. The molecule has 4 nitrogen and oxygen atoms in total. The lowest BCUT2D eigenvalue weighted by atomic mass is 9.87. The Labute approximate surface area is 119 Å². The van der Waals surface area contributed by atoms with E-state index < -0.39 is 5.54 Å². The first-order valence-corrected chi connectivity index (χ1v) is 8.53. The summed E-state index contributed by atoms with van der Waals surface area (Å²) < 4.78 is 0. The van der Waals surface area contributed by atoms with E-state index in [-0.39, 0.29) is 23.8 Å². The van der Waals surface area contributed by atoms with E-state index in [4.69, 9.17) is 0 Å². The average molecular weight is 284 g/mol. The zero-order valence-electron chi connectivity index (χ0n) is 12.1. The highest BCUT2D eigenvalue weighted by Gasteiger charge is 2.52. The molecule has 0 bridgehead atoms. The predicted octanol–water partition coefficient (Wildman–Crippen LogP) is 1.65. The maximum absolute atomic E-state index is 12.8. The average Bonchev–Trinajstić information content (AvgIpc) is 2.80. The molecule has 108 valence electrons. The molecule has 1 N–H and O–H groups in total. The van der Waals surface area contributed by atoms with E-state index >= 15 is 0 Å². The van der Waals surface area contributed by atoms with Crippen LogP contribution >= 0.6 is 11.8 Å². The molecule has 19 heavy (non-hydrogen) atoms. The van der Waals surface area contributed by atoms with Gasteiger partial charge in [-0.2, -0.15) is 11.8 Å². The summed E-state index contributed by atoms with van der Waals surface area (Å²) in [4.78, 5) is 27.1. The summed E-state index contributed by atoms with van der Waals surface area (Å²) in [6.45, 7) is 4.70. The molecule has 1 atom stereocenters. The molecule has 0 aromatic rings. The number of carbonyl (C=O) groups is 2. The number of piperazine rings is 1. The predicted molar refractivity (Wildman–Crippen MR) is 78.1 cm³/mol. The van der Waals surface area contributed by atoms with Gasteiger partial charge in [-0.25, -0.2) is 0 Å². The first-order chi connectivity index (χ1) is 9.02. The molecule has 5 heteroatoms. The smallest absolute Gasteiger partial charge is 0.249 e. The van der Waals surface area contributed by atoms with Gasteiger partial charge in [0.25, 0.3) is 0 Å². The van der Waals surface area contributed by atoms with Crippen molar-refractivity contribution in [2.45, 2.75) is 51.1 Å². The van der Waals surface area contributed by atoms with Crippen LogP contribution in [0.15, 0.2) is 0 Å². The van der Waals surface area contributed by atoms with Gasteiger partial charge >= 0.3 is 0 Å². The van der Waals surface area contributed by atoms with Crippen LogP contribution in [0.3, 0.4) is 0 Å². The van der Waals surface area contributed by atoms with Gasteiger partial charge in [-0.1, -0.05) is 26.7 Å². The fraction of sp³-hybridized carbons (Fsp3) is 0.857. The third-order valence-corrected chi connectivity index (χ3v) is 4.85.